The van der Waals surface area contributed by atoms with Crippen molar-refractivity contribution in [1.29, 1.82) is 0 Å². The van der Waals surface area contributed by atoms with E-state index < -0.39 is 0 Å². The number of aliphatic imine (C=N–C) groups is 1. The van der Waals surface area contributed by atoms with E-state index in [0.717, 1.165) is 6.54 Å². The van der Waals surface area contributed by atoms with Crippen LogP contribution in [0.2, 0.25) is 0 Å². The van der Waals surface area contributed by atoms with E-state index >= 15 is 0 Å². The van der Waals surface area contributed by atoms with E-state index in [1.165, 1.54) is 18.6 Å². The van der Waals surface area contributed by atoms with Crippen LogP contribution in [0.5, 0.6) is 0 Å². The molecule has 2 atom stereocenters. The second kappa shape index (κ2) is 4.31. The van der Waals surface area contributed by atoms with Gasteiger partial charge in [0.05, 0.1) is 0 Å². The molecule has 0 saturated heterocycles. The molecule has 0 saturated carbocycles. The first-order chi connectivity index (χ1) is 6.23. The van der Waals surface area contributed by atoms with Gasteiger partial charge in [0.15, 0.2) is 0 Å². The van der Waals surface area contributed by atoms with Crippen LogP contribution in [0.3, 0.4) is 0 Å². The molecule has 0 aromatic rings. The van der Waals surface area contributed by atoms with Crippen LogP contribution >= 0.6 is 12.4 Å². The molecule has 14 heavy (non-hydrogen) atoms. The van der Waals surface area contributed by atoms with E-state index in [2.05, 4.69) is 43.1 Å². The summed E-state index contributed by atoms with van der Waals surface area (Å²) in [5, 5.41) is 0. The van der Waals surface area contributed by atoms with Crippen LogP contribution in [0.4, 0.5) is 0 Å². The van der Waals surface area contributed by atoms with Crippen LogP contribution in [0, 0.1) is 11.3 Å². The molecular weight excluding hydrogens is 194 g/mol. The molecule has 78 valence electrons. The standard InChI is InChI=1S/C12H17N.ClH/c1-10-6-3-4-8-12(10,2)11-7-5-9-13-11;/h3-4,6,8,10H,5,7,9H2,1-2H3;1H. The van der Waals surface area contributed by atoms with Crippen LogP contribution in [0.15, 0.2) is 29.3 Å². The average Bonchev–Trinajstić information content (AvgIpc) is 2.63. The van der Waals surface area contributed by atoms with E-state index in [4.69, 9.17) is 0 Å². The van der Waals surface area contributed by atoms with E-state index in [9.17, 15) is 0 Å². The summed E-state index contributed by atoms with van der Waals surface area (Å²) in [6.45, 7) is 5.62. The van der Waals surface area contributed by atoms with Crippen molar-refractivity contribution in [2.75, 3.05) is 6.54 Å². The summed E-state index contributed by atoms with van der Waals surface area (Å²) < 4.78 is 0. The summed E-state index contributed by atoms with van der Waals surface area (Å²) in [4.78, 5) is 4.61. The summed E-state index contributed by atoms with van der Waals surface area (Å²) in [7, 11) is 0. The van der Waals surface area contributed by atoms with Crippen LogP contribution < -0.4 is 0 Å². The first-order valence-electron chi connectivity index (χ1n) is 5.13. The molecule has 0 radical (unpaired) electrons. The predicted octanol–water partition coefficient (Wildman–Crippen LogP) is 3.41. The van der Waals surface area contributed by atoms with Crippen molar-refractivity contribution in [3.8, 4) is 0 Å². The average molecular weight is 212 g/mol. The van der Waals surface area contributed by atoms with Gasteiger partial charge in [-0.1, -0.05) is 38.2 Å². The fourth-order valence-corrected chi connectivity index (χ4v) is 2.18. The lowest BCUT2D eigenvalue weighted by Gasteiger charge is -2.33. The molecule has 0 bridgehead atoms. The molecule has 0 aromatic heterocycles. The van der Waals surface area contributed by atoms with Gasteiger partial charge in [-0.2, -0.15) is 0 Å². The number of allylic oxidation sites excluding steroid dienone is 4. The van der Waals surface area contributed by atoms with E-state index in [1.54, 1.807) is 0 Å². The van der Waals surface area contributed by atoms with Gasteiger partial charge in [0, 0.05) is 17.7 Å². The second-order valence-electron chi connectivity index (χ2n) is 4.25. The highest BCUT2D eigenvalue weighted by molar-refractivity contribution is 5.93. The number of hydrogen-bond donors (Lipinski definition) is 0. The van der Waals surface area contributed by atoms with Crippen molar-refractivity contribution in [1.82, 2.24) is 0 Å². The second-order valence-corrected chi connectivity index (χ2v) is 4.25. The molecule has 0 spiro atoms. The topological polar surface area (TPSA) is 12.4 Å². The van der Waals surface area contributed by atoms with E-state index in [1.807, 2.05) is 0 Å². The van der Waals surface area contributed by atoms with Gasteiger partial charge in [-0.3, -0.25) is 4.99 Å². The van der Waals surface area contributed by atoms with Crippen molar-refractivity contribution in [3.05, 3.63) is 24.3 Å². The highest BCUT2D eigenvalue weighted by Gasteiger charge is 2.34. The molecule has 1 heterocycles. The molecule has 2 aliphatic rings. The number of rotatable bonds is 1. The third kappa shape index (κ3) is 1.78. The molecule has 2 heteroatoms. The lowest BCUT2D eigenvalue weighted by Crippen LogP contribution is -2.31. The summed E-state index contributed by atoms with van der Waals surface area (Å²) in [6, 6.07) is 0. The largest absolute Gasteiger partial charge is 0.293 e. The predicted molar refractivity (Wildman–Crippen MR) is 64.3 cm³/mol. The van der Waals surface area contributed by atoms with Gasteiger partial charge in [0.2, 0.25) is 0 Å². The Bertz CT molecular complexity index is 291. The van der Waals surface area contributed by atoms with Crippen molar-refractivity contribution < 1.29 is 0 Å². The van der Waals surface area contributed by atoms with Crippen LogP contribution in [0.1, 0.15) is 26.7 Å². The van der Waals surface area contributed by atoms with Gasteiger partial charge in [-0.25, -0.2) is 0 Å². The molecule has 0 fully saturated rings. The van der Waals surface area contributed by atoms with Gasteiger partial charge in [-0.15, -0.1) is 12.4 Å². The summed E-state index contributed by atoms with van der Waals surface area (Å²) in [6.07, 6.45) is 11.3. The molecule has 2 unspecified atom stereocenters. The minimum absolute atomic E-state index is 0. The summed E-state index contributed by atoms with van der Waals surface area (Å²) in [5.74, 6) is 0.592. The van der Waals surface area contributed by atoms with Crippen LogP contribution in [-0.4, -0.2) is 12.3 Å². The zero-order chi connectivity index (χ0) is 9.31. The monoisotopic (exact) mass is 211 g/mol. The Morgan fingerprint density at radius 1 is 1.43 bits per heavy atom. The van der Waals surface area contributed by atoms with E-state index in [-0.39, 0.29) is 17.8 Å². The van der Waals surface area contributed by atoms with Gasteiger partial charge < -0.3 is 0 Å². The maximum Gasteiger partial charge on any atom is 0.0392 e. The van der Waals surface area contributed by atoms with Gasteiger partial charge in [0.25, 0.3) is 0 Å². The first kappa shape index (κ1) is 11.5. The Hall–Kier alpha value is -0.560. The molecule has 0 aromatic carbocycles. The lowest BCUT2D eigenvalue weighted by molar-refractivity contribution is 0.448. The van der Waals surface area contributed by atoms with Crippen molar-refractivity contribution in [2.24, 2.45) is 16.3 Å². The summed E-state index contributed by atoms with van der Waals surface area (Å²) in [5.41, 5.74) is 1.60. The molecule has 1 aliphatic heterocycles. The Morgan fingerprint density at radius 2 is 2.21 bits per heavy atom. The molecule has 2 rings (SSSR count). The third-order valence-electron chi connectivity index (χ3n) is 3.40. The SMILES string of the molecule is CC1C=CC=CC1(C)C1=NCCC1.Cl. The summed E-state index contributed by atoms with van der Waals surface area (Å²) >= 11 is 0. The minimum Gasteiger partial charge on any atom is -0.293 e. The number of hydrogen-bond acceptors (Lipinski definition) is 1. The number of halogens is 1. The zero-order valence-electron chi connectivity index (χ0n) is 8.86. The molecular formula is C12H18ClN. The van der Waals surface area contributed by atoms with Crippen molar-refractivity contribution in [2.45, 2.75) is 26.7 Å². The molecule has 1 aliphatic carbocycles. The smallest absolute Gasteiger partial charge is 0.0392 e. The number of nitrogens with zero attached hydrogens (tertiary/aromatic N) is 1. The normalized spacial score (nSPS) is 35.3. The zero-order valence-corrected chi connectivity index (χ0v) is 9.68. The van der Waals surface area contributed by atoms with Gasteiger partial charge in [-0.05, 0) is 18.8 Å². The molecule has 0 amide bonds. The van der Waals surface area contributed by atoms with Crippen LogP contribution in [0.25, 0.3) is 0 Å². The van der Waals surface area contributed by atoms with Crippen molar-refractivity contribution in [3.63, 3.8) is 0 Å². The van der Waals surface area contributed by atoms with Gasteiger partial charge >= 0.3 is 0 Å². The van der Waals surface area contributed by atoms with Crippen molar-refractivity contribution >= 4 is 18.1 Å². The molecule has 1 nitrogen and oxygen atoms in total. The van der Waals surface area contributed by atoms with E-state index in [0.29, 0.717) is 5.92 Å². The lowest BCUT2D eigenvalue weighted by atomic mass is 9.71. The quantitative estimate of drug-likeness (QED) is 0.631. The fourth-order valence-electron chi connectivity index (χ4n) is 2.18. The Labute approximate surface area is 92.4 Å². The minimum atomic E-state index is 0. The maximum atomic E-state index is 4.61. The maximum absolute atomic E-state index is 4.61. The first-order valence-corrected chi connectivity index (χ1v) is 5.13. The van der Waals surface area contributed by atoms with Gasteiger partial charge in [0.1, 0.15) is 0 Å². The Balaban J connectivity index is 0.000000980. The molecule has 0 N–H and O–H groups in total. The Kier molecular flexibility index (Phi) is 3.54. The fraction of sp³-hybridized carbons (Fsp3) is 0.583. The Morgan fingerprint density at radius 3 is 2.79 bits per heavy atom. The third-order valence-corrected chi connectivity index (χ3v) is 3.40. The highest BCUT2D eigenvalue weighted by atomic mass is 35.5. The highest BCUT2D eigenvalue weighted by Crippen LogP contribution is 2.37. The van der Waals surface area contributed by atoms with Crippen LogP contribution in [-0.2, 0) is 0 Å².